The summed E-state index contributed by atoms with van der Waals surface area (Å²) in [5, 5.41) is 3.19. The molecule has 3 aromatic carbocycles. The van der Waals surface area contributed by atoms with Crippen LogP contribution in [0.1, 0.15) is 16.8 Å². The second-order valence-corrected chi connectivity index (χ2v) is 11.1. The second kappa shape index (κ2) is 10.8. The van der Waals surface area contributed by atoms with Gasteiger partial charge in [-0.3, -0.25) is 9.10 Å². The van der Waals surface area contributed by atoms with Crippen LogP contribution in [0.3, 0.4) is 0 Å². The summed E-state index contributed by atoms with van der Waals surface area (Å²) < 4.78 is 49.5. The van der Waals surface area contributed by atoms with Crippen LogP contribution in [0.2, 0.25) is 0 Å². The predicted octanol–water partition coefficient (Wildman–Crippen LogP) is 5.92. The third-order valence-electron chi connectivity index (χ3n) is 6.56. The highest BCUT2D eigenvalue weighted by molar-refractivity contribution is 7.92. The molecule has 0 saturated heterocycles. The van der Waals surface area contributed by atoms with E-state index in [1.165, 1.54) is 29.7 Å². The monoisotopic (exact) mass is 545 g/mol. The van der Waals surface area contributed by atoms with Gasteiger partial charge in [0.25, 0.3) is 5.91 Å². The number of sulfonamides is 1. The van der Waals surface area contributed by atoms with E-state index in [2.05, 4.69) is 5.32 Å². The number of aryl methyl sites for hydroxylation is 1. The van der Waals surface area contributed by atoms with E-state index in [1.807, 2.05) is 59.4 Å². The van der Waals surface area contributed by atoms with E-state index in [9.17, 15) is 17.6 Å². The molecule has 0 aliphatic rings. The number of nitrogens with zero attached hydrogens (tertiary/aromatic N) is 2. The summed E-state index contributed by atoms with van der Waals surface area (Å²) in [6.07, 6.45) is 5.64. The zero-order chi connectivity index (χ0) is 27.6. The van der Waals surface area contributed by atoms with Gasteiger partial charge in [-0.05, 0) is 54.4 Å². The van der Waals surface area contributed by atoms with Crippen LogP contribution in [0.25, 0.3) is 33.4 Å². The zero-order valence-electron chi connectivity index (χ0n) is 21.6. The van der Waals surface area contributed by atoms with Crippen molar-refractivity contribution in [3.05, 3.63) is 103 Å². The molecule has 39 heavy (non-hydrogen) atoms. The summed E-state index contributed by atoms with van der Waals surface area (Å²) in [6, 6.07) is 22.4. The molecule has 7 nitrogen and oxygen atoms in total. The molecule has 0 aliphatic carbocycles. The van der Waals surface area contributed by atoms with E-state index < -0.39 is 15.8 Å². The van der Waals surface area contributed by atoms with E-state index in [0.29, 0.717) is 46.3 Å². The number of furan rings is 1. The summed E-state index contributed by atoms with van der Waals surface area (Å²) in [5.41, 5.74) is 3.06. The topological polar surface area (TPSA) is 84.6 Å². The lowest BCUT2D eigenvalue weighted by molar-refractivity contribution is 0.0964. The van der Waals surface area contributed by atoms with Crippen molar-refractivity contribution in [3.8, 4) is 22.5 Å². The van der Waals surface area contributed by atoms with Gasteiger partial charge in [0, 0.05) is 55.1 Å². The van der Waals surface area contributed by atoms with Crippen LogP contribution in [0, 0.1) is 5.82 Å². The Morgan fingerprint density at radius 3 is 2.31 bits per heavy atom. The Labute approximate surface area is 226 Å². The van der Waals surface area contributed by atoms with Crippen LogP contribution in [0.5, 0.6) is 0 Å². The normalized spacial score (nSPS) is 11.6. The van der Waals surface area contributed by atoms with Crippen molar-refractivity contribution in [2.24, 2.45) is 0 Å². The van der Waals surface area contributed by atoms with Gasteiger partial charge in [0.1, 0.15) is 17.2 Å². The number of hydrogen-bond donors (Lipinski definition) is 1. The first kappa shape index (κ1) is 26.2. The number of aromatic nitrogens is 1. The highest BCUT2D eigenvalue weighted by atomic mass is 32.2. The van der Waals surface area contributed by atoms with Crippen LogP contribution in [-0.4, -0.2) is 38.7 Å². The fourth-order valence-electron chi connectivity index (χ4n) is 4.72. The number of benzene rings is 3. The molecule has 0 saturated carbocycles. The maximum absolute atomic E-state index is 13.6. The minimum absolute atomic E-state index is 0.246. The van der Waals surface area contributed by atoms with Crippen molar-refractivity contribution < 1.29 is 22.0 Å². The van der Waals surface area contributed by atoms with Gasteiger partial charge in [-0.15, -0.1) is 0 Å². The summed E-state index contributed by atoms with van der Waals surface area (Å²) in [5.74, 6) is -0.501. The molecular weight excluding hydrogens is 517 g/mol. The minimum Gasteiger partial charge on any atom is -0.455 e. The molecule has 1 N–H and O–H groups in total. The number of carbonyl (C=O) groups excluding carboxylic acids is 1. The molecule has 0 atom stereocenters. The standard InChI is InChI=1S/C30H28FN3O4S/c1-32-30(35)28-25-19-24(21-9-4-3-5-10-21)26(20-27(25)38-29(28)22-11-13-23(31)14-12-22)34(39(2,36)37)18-8-17-33-15-6-7-16-33/h3-7,9-16,19-20H,8,17-18H2,1-2H3,(H,32,35). The molecule has 0 aliphatic heterocycles. The van der Waals surface area contributed by atoms with Crippen molar-refractivity contribution in [2.75, 3.05) is 24.2 Å². The molecule has 200 valence electrons. The highest BCUT2D eigenvalue weighted by Gasteiger charge is 2.27. The molecule has 0 bridgehead atoms. The summed E-state index contributed by atoms with van der Waals surface area (Å²) >= 11 is 0. The summed E-state index contributed by atoms with van der Waals surface area (Å²) in [6.45, 7) is 0.897. The third-order valence-corrected chi connectivity index (χ3v) is 7.74. The van der Waals surface area contributed by atoms with Gasteiger partial charge >= 0.3 is 0 Å². The Hall–Kier alpha value is -4.37. The molecule has 0 spiro atoms. The van der Waals surface area contributed by atoms with Crippen LogP contribution in [-0.2, 0) is 16.6 Å². The molecule has 0 unspecified atom stereocenters. The first-order valence-corrected chi connectivity index (χ1v) is 14.3. The second-order valence-electron chi connectivity index (χ2n) is 9.23. The summed E-state index contributed by atoms with van der Waals surface area (Å²) in [4.78, 5) is 13.1. The molecular formula is C30H28FN3O4S. The van der Waals surface area contributed by atoms with Gasteiger partial charge in [-0.25, -0.2) is 12.8 Å². The Morgan fingerprint density at radius 2 is 1.67 bits per heavy atom. The first-order chi connectivity index (χ1) is 18.8. The van der Waals surface area contributed by atoms with Crippen molar-refractivity contribution >= 4 is 32.6 Å². The van der Waals surface area contributed by atoms with Crippen molar-refractivity contribution in [1.29, 1.82) is 0 Å². The van der Waals surface area contributed by atoms with Gasteiger partial charge < -0.3 is 14.3 Å². The van der Waals surface area contributed by atoms with Gasteiger partial charge in [0.05, 0.1) is 17.5 Å². The van der Waals surface area contributed by atoms with E-state index in [0.717, 1.165) is 5.56 Å². The summed E-state index contributed by atoms with van der Waals surface area (Å²) in [7, 11) is -2.15. The largest absolute Gasteiger partial charge is 0.455 e. The number of nitrogens with one attached hydrogen (secondary N) is 1. The fourth-order valence-corrected chi connectivity index (χ4v) is 5.69. The van der Waals surface area contributed by atoms with Gasteiger partial charge in [0.2, 0.25) is 10.0 Å². The molecule has 5 aromatic rings. The molecule has 2 aromatic heterocycles. The lowest BCUT2D eigenvalue weighted by Gasteiger charge is -2.25. The number of rotatable bonds is 9. The number of halogens is 1. The van der Waals surface area contributed by atoms with Gasteiger partial charge in [-0.1, -0.05) is 30.3 Å². The van der Waals surface area contributed by atoms with Crippen LogP contribution < -0.4 is 9.62 Å². The van der Waals surface area contributed by atoms with Gasteiger partial charge in [0.15, 0.2) is 0 Å². The Morgan fingerprint density at radius 1 is 0.974 bits per heavy atom. The number of fused-ring (bicyclic) bond motifs is 1. The number of carbonyl (C=O) groups is 1. The zero-order valence-corrected chi connectivity index (χ0v) is 22.4. The fraction of sp³-hybridized carbons (Fsp3) is 0.167. The average Bonchev–Trinajstić information content (AvgIpc) is 3.58. The lowest BCUT2D eigenvalue weighted by atomic mass is 9.98. The maximum Gasteiger partial charge on any atom is 0.255 e. The minimum atomic E-state index is -3.68. The van der Waals surface area contributed by atoms with Gasteiger partial charge in [-0.2, -0.15) is 0 Å². The Bertz CT molecular complexity index is 1710. The molecule has 0 radical (unpaired) electrons. The van der Waals surface area contributed by atoms with E-state index in [-0.39, 0.29) is 18.2 Å². The molecule has 5 rings (SSSR count). The quantitative estimate of drug-likeness (QED) is 0.249. The number of amides is 1. The third kappa shape index (κ3) is 5.44. The maximum atomic E-state index is 13.6. The molecule has 0 fully saturated rings. The van der Waals surface area contributed by atoms with Crippen LogP contribution in [0.4, 0.5) is 10.1 Å². The predicted molar refractivity (Wildman–Crippen MR) is 152 cm³/mol. The number of hydrogen-bond acceptors (Lipinski definition) is 4. The van der Waals surface area contributed by atoms with E-state index >= 15 is 0 Å². The SMILES string of the molecule is CNC(=O)c1c(-c2ccc(F)cc2)oc2cc(N(CCCn3cccc3)S(C)(=O)=O)c(-c3ccccc3)cc12. The Kier molecular flexibility index (Phi) is 7.26. The molecule has 9 heteroatoms. The van der Waals surface area contributed by atoms with Crippen molar-refractivity contribution in [2.45, 2.75) is 13.0 Å². The lowest BCUT2D eigenvalue weighted by Crippen LogP contribution is -2.32. The first-order valence-electron chi connectivity index (χ1n) is 12.5. The highest BCUT2D eigenvalue weighted by Crippen LogP contribution is 2.41. The van der Waals surface area contributed by atoms with Crippen molar-refractivity contribution in [1.82, 2.24) is 9.88 Å². The van der Waals surface area contributed by atoms with Crippen molar-refractivity contribution in [3.63, 3.8) is 0 Å². The van der Waals surface area contributed by atoms with E-state index in [1.54, 1.807) is 24.3 Å². The molecule has 1 amide bonds. The van der Waals surface area contributed by atoms with Crippen LogP contribution >= 0.6 is 0 Å². The Balaban J connectivity index is 1.71. The average molecular weight is 546 g/mol. The van der Waals surface area contributed by atoms with E-state index in [4.69, 9.17) is 4.42 Å². The smallest absolute Gasteiger partial charge is 0.255 e. The van der Waals surface area contributed by atoms with Crippen LogP contribution in [0.15, 0.2) is 95.7 Å². The number of anilines is 1. The molecule has 2 heterocycles.